The van der Waals surface area contributed by atoms with Gasteiger partial charge >= 0.3 is 12.9 Å². The number of benzene rings is 2. The summed E-state index contributed by atoms with van der Waals surface area (Å²) in [7, 11) is -2.97. The second-order valence-electron chi connectivity index (χ2n) is 5.52. The molecule has 0 aliphatic carbocycles. The van der Waals surface area contributed by atoms with Gasteiger partial charge in [-0.25, -0.2) is 4.79 Å². The highest BCUT2D eigenvalue weighted by atomic mass is 19.3. The molecule has 4 nitrogen and oxygen atoms in total. The summed E-state index contributed by atoms with van der Waals surface area (Å²) in [5.41, 5.74) is 1.39. The van der Waals surface area contributed by atoms with Crippen molar-refractivity contribution in [3.63, 3.8) is 0 Å². The van der Waals surface area contributed by atoms with E-state index >= 15 is 0 Å². The Morgan fingerprint density at radius 3 is 2.38 bits per heavy atom. The molecule has 0 bridgehead atoms. The molecule has 120 valence electrons. The maximum Gasteiger partial charge on any atom is 0.837 e. The number of carbonyl (C=O) groups excluding carboxylic acids is 1. The molecule has 2 aromatic rings. The second-order valence-corrected chi connectivity index (χ2v) is 5.52. The molecule has 0 saturated carbocycles. The SMILES string of the molecule is COc1ccc(C2=CC3=[N+](C(=O)c4ccccc43)[B-](F)(F)O2)cc1. The van der Waals surface area contributed by atoms with Crippen LogP contribution in [0.4, 0.5) is 8.63 Å². The summed E-state index contributed by atoms with van der Waals surface area (Å²) >= 11 is 0. The first-order chi connectivity index (χ1) is 11.5. The number of nitrogens with zero attached hydrogens (tertiary/aromatic N) is 1. The zero-order valence-corrected chi connectivity index (χ0v) is 12.7. The van der Waals surface area contributed by atoms with Crippen LogP contribution in [0.15, 0.2) is 54.6 Å². The van der Waals surface area contributed by atoms with E-state index in [1.54, 1.807) is 42.5 Å². The minimum Gasteiger partial charge on any atom is -0.599 e. The van der Waals surface area contributed by atoms with Gasteiger partial charge in [-0.15, -0.1) is 0 Å². The lowest BCUT2D eigenvalue weighted by Crippen LogP contribution is -2.48. The van der Waals surface area contributed by atoms with E-state index in [2.05, 4.69) is 0 Å². The number of amides is 1. The molecule has 0 unspecified atom stereocenters. The fourth-order valence-corrected chi connectivity index (χ4v) is 2.98. The number of hydrogen-bond acceptors (Lipinski definition) is 3. The molecule has 0 aromatic heterocycles. The molecule has 0 atom stereocenters. The average molecular weight is 327 g/mol. The monoisotopic (exact) mass is 327 g/mol. The van der Waals surface area contributed by atoms with E-state index in [1.165, 1.54) is 19.3 Å². The maximum atomic E-state index is 14.5. The number of rotatable bonds is 2. The summed E-state index contributed by atoms with van der Waals surface area (Å²) in [5, 5.41) is 0. The van der Waals surface area contributed by atoms with Crippen LogP contribution in [-0.2, 0) is 4.65 Å². The molecule has 4 rings (SSSR count). The van der Waals surface area contributed by atoms with Gasteiger partial charge in [-0.2, -0.15) is 0 Å². The minimum atomic E-state index is -4.50. The number of ether oxygens (including phenoxy) is 1. The number of methoxy groups -OCH3 is 1. The van der Waals surface area contributed by atoms with Crippen LogP contribution < -0.4 is 4.74 Å². The summed E-state index contributed by atoms with van der Waals surface area (Å²) in [4.78, 5) is 12.3. The van der Waals surface area contributed by atoms with E-state index < -0.39 is 12.9 Å². The van der Waals surface area contributed by atoms with Gasteiger partial charge in [0, 0.05) is 11.6 Å². The molecule has 7 heteroatoms. The van der Waals surface area contributed by atoms with Crippen molar-refractivity contribution >= 4 is 24.4 Å². The van der Waals surface area contributed by atoms with E-state index in [9.17, 15) is 13.4 Å². The molecule has 2 heterocycles. The van der Waals surface area contributed by atoms with Crippen LogP contribution in [0, 0.1) is 0 Å². The Morgan fingerprint density at radius 1 is 1.04 bits per heavy atom. The van der Waals surface area contributed by atoms with Crippen LogP contribution in [0.3, 0.4) is 0 Å². The highest BCUT2D eigenvalue weighted by Crippen LogP contribution is 2.34. The number of fused-ring (bicyclic) bond motifs is 2. The van der Waals surface area contributed by atoms with Crippen LogP contribution >= 0.6 is 0 Å². The smallest absolute Gasteiger partial charge is 0.599 e. The molecule has 1 amide bonds. The van der Waals surface area contributed by atoms with Crippen LogP contribution in [0.5, 0.6) is 5.75 Å². The van der Waals surface area contributed by atoms with Gasteiger partial charge in [-0.1, -0.05) is 12.1 Å². The van der Waals surface area contributed by atoms with Gasteiger partial charge in [0.1, 0.15) is 5.75 Å². The Labute approximate surface area is 136 Å². The van der Waals surface area contributed by atoms with Crippen LogP contribution in [0.25, 0.3) is 5.76 Å². The van der Waals surface area contributed by atoms with Crippen molar-refractivity contribution in [2.75, 3.05) is 7.11 Å². The Bertz CT molecular complexity index is 920. The molecule has 2 aliphatic rings. The van der Waals surface area contributed by atoms with E-state index in [0.29, 0.717) is 21.4 Å². The summed E-state index contributed by atoms with van der Waals surface area (Å²) in [5.74, 6) is -0.0999. The average Bonchev–Trinajstić information content (AvgIpc) is 2.88. The fraction of sp³-hybridized carbons (Fsp3) is 0.0588. The van der Waals surface area contributed by atoms with Crippen molar-refractivity contribution in [1.29, 1.82) is 0 Å². The topological polar surface area (TPSA) is 38.5 Å². The zero-order chi connectivity index (χ0) is 16.9. The lowest BCUT2D eigenvalue weighted by molar-refractivity contribution is -0.339. The molecule has 0 fully saturated rings. The molecular formula is C17H12BF2NO3. The Balaban J connectivity index is 1.86. The summed E-state index contributed by atoms with van der Waals surface area (Å²) < 4.78 is 39.4. The molecule has 0 N–H and O–H groups in total. The van der Waals surface area contributed by atoms with Gasteiger partial charge in [-0.3, -0.25) is 4.49 Å². The second kappa shape index (κ2) is 5.02. The first-order valence-corrected chi connectivity index (χ1v) is 7.37. The lowest BCUT2D eigenvalue weighted by Gasteiger charge is -2.27. The molecule has 0 radical (unpaired) electrons. The lowest BCUT2D eigenvalue weighted by atomic mass is 9.98. The van der Waals surface area contributed by atoms with Crippen LogP contribution in [-0.4, -0.2) is 30.3 Å². The van der Waals surface area contributed by atoms with Crippen molar-refractivity contribution in [2.45, 2.75) is 0 Å². The minimum absolute atomic E-state index is 0.0263. The molecule has 24 heavy (non-hydrogen) atoms. The van der Waals surface area contributed by atoms with Crippen molar-refractivity contribution in [3.05, 3.63) is 71.3 Å². The third-order valence-corrected chi connectivity index (χ3v) is 4.12. The van der Waals surface area contributed by atoms with Gasteiger partial charge in [0.15, 0.2) is 5.71 Å². The van der Waals surface area contributed by atoms with Gasteiger partial charge in [0.2, 0.25) is 0 Å². The van der Waals surface area contributed by atoms with Gasteiger partial charge in [0.25, 0.3) is 0 Å². The van der Waals surface area contributed by atoms with Gasteiger partial charge in [0.05, 0.1) is 24.0 Å². The first kappa shape index (κ1) is 14.6. The fourth-order valence-electron chi connectivity index (χ4n) is 2.98. The van der Waals surface area contributed by atoms with E-state index in [4.69, 9.17) is 9.39 Å². The zero-order valence-electron chi connectivity index (χ0n) is 12.7. The van der Waals surface area contributed by atoms with Crippen molar-refractivity contribution in [2.24, 2.45) is 0 Å². The Morgan fingerprint density at radius 2 is 1.71 bits per heavy atom. The predicted molar refractivity (Wildman–Crippen MR) is 85.2 cm³/mol. The summed E-state index contributed by atoms with van der Waals surface area (Å²) in [6.07, 6.45) is 1.48. The number of halogens is 2. The largest absolute Gasteiger partial charge is 0.837 e. The summed E-state index contributed by atoms with van der Waals surface area (Å²) in [6.45, 7) is 0. The van der Waals surface area contributed by atoms with Crippen molar-refractivity contribution in [3.8, 4) is 5.75 Å². The maximum absolute atomic E-state index is 14.5. The highest BCUT2D eigenvalue weighted by molar-refractivity contribution is 6.56. The summed E-state index contributed by atoms with van der Waals surface area (Å²) in [6, 6.07) is 13.1. The molecule has 2 aliphatic heterocycles. The number of allylic oxidation sites excluding steroid dienone is 1. The Kier molecular flexibility index (Phi) is 3.06. The quantitative estimate of drug-likeness (QED) is 0.796. The van der Waals surface area contributed by atoms with Gasteiger partial charge in [-0.05, 0) is 36.4 Å². The van der Waals surface area contributed by atoms with Crippen LogP contribution in [0.1, 0.15) is 21.5 Å². The number of carbonyl (C=O) groups is 1. The third kappa shape index (κ3) is 2.05. The van der Waals surface area contributed by atoms with Crippen molar-refractivity contribution < 1.29 is 27.3 Å². The predicted octanol–water partition coefficient (Wildman–Crippen LogP) is 3.10. The Hall–Kier alpha value is -2.96. The van der Waals surface area contributed by atoms with E-state index in [-0.39, 0.29) is 17.0 Å². The molecule has 2 aromatic carbocycles. The standard InChI is InChI=1S/C17H12BF2NO3/c1-23-12-8-6-11(7-9-12)16-10-15-13-4-2-3-5-14(13)17(22)21(15)18(19,20)24-16/h2-10H,1H3. The molecule has 0 spiro atoms. The van der Waals surface area contributed by atoms with Crippen molar-refractivity contribution in [1.82, 2.24) is 0 Å². The molecular weight excluding hydrogens is 315 g/mol. The van der Waals surface area contributed by atoms with E-state index in [1.807, 2.05) is 0 Å². The molecule has 0 saturated heterocycles. The third-order valence-electron chi connectivity index (χ3n) is 4.12. The van der Waals surface area contributed by atoms with E-state index in [0.717, 1.165) is 0 Å². The van der Waals surface area contributed by atoms with Crippen LogP contribution in [0.2, 0.25) is 0 Å². The number of hydrogen-bond donors (Lipinski definition) is 0. The normalized spacial score (nSPS) is 17.8. The highest BCUT2D eigenvalue weighted by Gasteiger charge is 2.57. The first-order valence-electron chi connectivity index (χ1n) is 7.37. The van der Waals surface area contributed by atoms with Gasteiger partial charge < -0.3 is 18.0 Å².